The molecule has 0 radical (unpaired) electrons. The van der Waals surface area contributed by atoms with Gasteiger partial charge in [-0.15, -0.1) is 0 Å². The number of nitrogens with zero attached hydrogens (tertiary/aromatic N) is 2. The van der Waals surface area contributed by atoms with Gasteiger partial charge in [0.1, 0.15) is 0 Å². The Balaban J connectivity index is 1.30. The van der Waals surface area contributed by atoms with Crippen LogP contribution in [0.4, 0.5) is 0 Å². The monoisotopic (exact) mass is 434 g/mol. The van der Waals surface area contributed by atoms with Crippen LogP contribution in [0.5, 0.6) is 0 Å². The molecule has 32 heavy (non-hydrogen) atoms. The highest BCUT2D eigenvalue weighted by atomic mass is 16.7. The van der Waals surface area contributed by atoms with Crippen LogP contribution in [0.3, 0.4) is 0 Å². The summed E-state index contributed by atoms with van der Waals surface area (Å²) in [6.07, 6.45) is 7.07. The average molecular weight is 435 g/mol. The van der Waals surface area contributed by atoms with Crippen molar-refractivity contribution in [2.75, 3.05) is 39.4 Å². The van der Waals surface area contributed by atoms with E-state index in [0.29, 0.717) is 13.2 Å². The number of hydrogen-bond acceptors (Lipinski definition) is 4. The Morgan fingerprint density at radius 1 is 0.750 bits per heavy atom. The van der Waals surface area contributed by atoms with E-state index < -0.39 is 5.79 Å². The van der Waals surface area contributed by atoms with Crippen LogP contribution in [0, 0.1) is 0 Å². The third-order valence-corrected chi connectivity index (χ3v) is 8.02. The van der Waals surface area contributed by atoms with Crippen molar-refractivity contribution in [3.8, 4) is 0 Å². The highest BCUT2D eigenvalue weighted by Crippen LogP contribution is 2.39. The summed E-state index contributed by atoms with van der Waals surface area (Å²) in [5.41, 5.74) is 3.49. The number of benzene rings is 2. The molecule has 3 aliphatic rings. The fraction of sp³-hybridized carbons (Fsp3) is 0.571. The zero-order chi connectivity index (χ0) is 22.0. The molecule has 0 unspecified atom stereocenters. The molecule has 2 aromatic rings. The molecule has 4 heteroatoms. The van der Waals surface area contributed by atoms with Crippen LogP contribution in [-0.4, -0.2) is 55.2 Å². The molecule has 1 saturated carbocycles. The maximum atomic E-state index is 6.19. The Morgan fingerprint density at radius 2 is 1.34 bits per heavy atom. The van der Waals surface area contributed by atoms with E-state index >= 15 is 0 Å². The van der Waals surface area contributed by atoms with Crippen molar-refractivity contribution in [1.29, 1.82) is 0 Å². The van der Waals surface area contributed by atoms with E-state index in [9.17, 15) is 0 Å². The van der Waals surface area contributed by atoms with Crippen LogP contribution in [-0.2, 0) is 20.8 Å². The standard InChI is InChI=1S/C28H38N2O2/c1-27(2,30-19-17-29(18-20-30)26-11-7-4-8-12-26)23-13-15-25(16-14-23)28(31-21-22-32-28)24-9-5-3-6-10-24/h3,5-6,9-10,13-16,26H,4,7-8,11-12,17-22H2,1-2H3. The Labute approximate surface area is 193 Å². The molecule has 2 saturated heterocycles. The number of ether oxygens (including phenoxy) is 2. The normalized spacial score (nSPS) is 23.4. The third kappa shape index (κ3) is 4.14. The van der Waals surface area contributed by atoms with E-state index in [0.717, 1.165) is 30.3 Å². The second kappa shape index (κ2) is 9.26. The zero-order valence-corrected chi connectivity index (χ0v) is 19.8. The van der Waals surface area contributed by atoms with Crippen molar-refractivity contribution >= 4 is 0 Å². The lowest BCUT2D eigenvalue weighted by Crippen LogP contribution is -2.55. The van der Waals surface area contributed by atoms with Crippen LogP contribution in [0.25, 0.3) is 0 Å². The average Bonchev–Trinajstić information content (AvgIpc) is 3.37. The fourth-order valence-electron chi connectivity index (χ4n) is 5.94. The third-order valence-electron chi connectivity index (χ3n) is 8.02. The first-order chi connectivity index (χ1) is 15.6. The van der Waals surface area contributed by atoms with Crippen LogP contribution in [0.15, 0.2) is 54.6 Å². The fourth-order valence-corrected chi connectivity index (χ4v) is 5.94. The minimum Gasteiger partial charge on any atom is -0.340 e. The predicted molar refractivity (Wildman–Crippen MR) is 129 cm³/mol. The molecular weight excluding hydrogens is 396 g/mol. The van der Waals surface area contributed by atoms with E-state index in [1.807, 2.05) is 18.2 Å². The van der Waals surface area contributed by atoms with Gasteiger partial charge in [-0.2, -0.15) is 0 Å². The lowest BCUT2D eigenvalue weighted by Gasteiger charge is -2.47. The first-order valence-corrected chi connectivity index (χ1v) is 12.5. The molecule has 2 aliphatic heterocycles. The maximum Gasteiger partial charge on any atom is 0.222 e. The summed E-state index contributed by atoms with van der Waals surface area (Å²) >= 11 is 0. The molecule has 2 heterocycles. The smallest absolute Gasteiger partial charge is 0.222 e. The lowest BCUT2D eigenvalue weighted by molar-refractivity contribution is -0.129. The molecule has 2 aromatic carbocycles. The molecule has 0 aromatic heterocycles. The minimum atomic E-state index is -0.782. The first-order valence-electron chi connectivity index (χ1n) is 12.5. The topological polar surface area (TPSA) is 24.9 Å². The molecule has 0 N–H and O–H groups in total. The van der Waals surface area contributed by atoms with E-state index in [-0.39, 0.29) is 5.54 Å². The van der Waals surface area contributed by atoms with Crippen LogP contribution < -0.4 is 0 Å². The van der Waals surface area contributed by atoms with Crippen LogP contribution in [0.2, 0.25) is 0 Å². The van der Waals surface area contributed by atoms with Crippen molar-refractivity contribution in [2.45, 2.75) is 63.3 Å². The molecule has 0 spiro atoms. The van der Waals surface area contributed by atoms with E-state index in [4.69, 9.17) is 9.47 Å². The Kier molecular flexibility index (Phi) is 6.39. The number of piperazine rings is 1. The van der Waals surface area contributed by atoms with Gasteiger partial charge in [0.25, 0.3) is 0 Å². The Bertz CT molecular complexity index is 860. The predicted octanol–water partition coefficient (Wildman–Crippen LogP) is 5.12. The van der Waals surface area contributed by atoms with Crippen molar-refractivity contribution < 1.29 is 9.47 Å². The zero-order valence-electron chi connectivity index (χ0n) is 19.8. The van der Waals surface area contributed by atoms with Gasteiger partial charge in [0.2, 0.25) is 5.79 Å². The molecule has 4 nitrogen and oxygen atoms in total. The quantitative estimate of drug-likeness (QED) is 0.652. The maximum absolute atomic E-state index is 6.19. The van der Waals surface area contributed by atoms with Gasteiger partial charge in [-0.3, -0.25) is 9.80 Å². The van der Waals surface area contributed by atoms with Crippen LogP contribution >= 0.6 is 0 Å². The van der Waals surface area contributed by atoms with Gasteiger partial charge in [-0.1, -0.05) is 73.9 Å². The molecule has 0 amide bonds. The summed E-state index contributed by atoms with van der Waals surface area (Å²) in [4.78, 5) is 5.42. The molecule has 0 atom stereocenters. The summed E-state index contributed by atoms with van der Waals surface area (Å²) < 4.78 is 12.4. The van der Waals surface area contributed by atoms with E-state index in [1.54, 1.807) is 0 Å². The first kappa shape index (κ1) is 22.1. The van der Waals surface area contributed by atoms with Crippen molar-refractivity contribution in [3.05, 3.63) is 71.3 Å². The SMILES string of the molecule is CC(C)(c1ccc(C2(c3ccccc3)OCCO2)cc1)N1CCN(C2CCCCC2)CC1. The molecule has 1 aliphatic carbocycles. The molecule has 5 rings (SSSR count). The van der Waals surface area contributed by atoms with Gasteiger partial charge in [0.05, 0.1) is 13.2 Å². The highest BCUT2D eigenvalue weighted by Gasteiger charge is 2.41. The van der Waals surface area contributed by atoms with Crippen molar-refractivity contribution in [1.82, 2.24) is 9.80 Å². The largest absolute Gasteiger partial charge is 0.340 e. The molecular formula is C28H38N2O2. The van der Waals surface area contributed by atoms with Gasteiger partial charge >= 0.3 is 0 Å². The van der Waals surface area contributed by atoms with E-state index in [1.165, 1.54) is 50.8 Å². The van der Waals surface area contributed by atoms with Gasteiger partial charge < -0.3 is 9.47 Å². The van der Waals surface area contributed by atoms with Crippen molar-refractivity contribution in [3.63, 3.8) is 0 Å². The molecule has 0 bridgehead atoms. The number of rotatable bonds is 5. The van der Waals surface area contributed by atoms with Gasteiger partial charge in [-0.05, 0) is 32.3 Å². The molecule has 3 fully saturated rings. The second-order valence-electron chi connectivity index (χ2n) is 10.1. The van der Waals surface area contributed by atoms with Crippen LogP contribution in [0.1, 0.15) is 62.6 Å². The summed E-state index contributed by atoms with van der Waals surface area (Å²) in [7, 11) is 0. The second-order valence-corrected chi connectivity index (χ2v) is 10.1. The van der Waals surface area contributed by atoms with E-state index in [2.05, 4.69) is 60.0 Å². The minimum absolute atomic E-state index is 0.00842. The lowest BCUT2D eigenvalue weighted by atomic mass is 9.88. The Hall–Kier alpha value is -1.72. The van der Waals surface area contributed by atoms with Gasteiger partial charge in [0, 0.05) is 48.9 Å². The van der Waals surface area contributed by atoms with Crippen molar-refractivity contribution in [2.24, 2.45) is 0 Å². The summed E-state index contributed by atoms with van der Waals surface area (Å²) in [5, 5.41) is 0. The molecule has 172 valence electrons. The van der Waals surface area contributed by atoms with Gasteiger partial charge in [-0.25, -0.2) is 0 Å². The Morgan fingerprint density at radius 3 is 1.97 bits per heavy atom. The highest BCUT2D eigenvalue weighted by molar-refractivity contribution is 5.37. The summed E-state index contributed by atoms with van der Waals surface area (Å²) in [5.74, 6) is -0.782. The number of hydrogen-bond donors (Lipinski definition) is 0. The van der Waals surface area contributed by atoms with Gasteiger partial charge in [0.15, 0.2) is 0 Å². The summed E-state index contributed by atoms with van der Waals surface area (Å²) in [6.45, 7) is 10.7. The summed E-state index contributed by atoms with van der Waals surface area (Å²) in [6, 6.07) is 20.1.